The molecule has 0 bridgehead atoms. The second-order valence-electron chi connectivity index (χ2n) is 4.87. The van der Waals surface area contributed by atoms with Crippen molar-refractivity contribution < 1.29 is 4.79 Å². The van der Waals surface area contributed by atoms with Gasteiger partial charge in [-0.3, -0.25) is 4.79 Å². The maximum absolute atomic E-state index is 12.5. The average Bonchev–Trinajstić information content (AvgIpc) is 2.77. The molecule has 0 saturated carbocycles. The number of nitrogens with zero attached hydrogens (tertiary/aromatic N) is 1. The molecule has 4 heteroatoms. The van der Waals surface area contributed by atoms with Gasteiger partial charge in [-0.25, -0.2) is 0 Å². The highest BCUT2D eigenvalue weighted by Gasteiger charge is 2.35. The molecule has 1 amide bonds. The SMILES string of the molecule is CCC(CC)(CN)C(=O)N(C)Cc1ccc(C)s1. The fourth-order valence-corrected chi connectivity index (χ4v) is 3.15. The highest BCUT2D eigenvalue weighted by atomic mass is 32.1. The maximum Gasteiger partial charge on any atom is 0.230 e. The number of amides is 1. The van der Waals surface area contributed by atoms with E-state index >= 15 is 0 Å². The zero-order valence-electron chi connectivity index (χ0n) is 11.8. The van der Waals surface area contributed by atoms with Gasteiger partial charge in [-0.2, -0.15) is 0 Å². The van der Waals surface area contributed by atoms with E-state index in [1.54, 1.807) is 11.3 Å². The summed E-state index contributed by atoms with van der Waals surface area (Å²) in [5.74, 6) is 0.168. The van der Waals surface area contributed by atoms with Crippen LogP contribution in [0.25, 0.3) is 0 Å². The summed E-state index contributed by atoms with van der Waals surface area (Å²) in [6.07, 6.45) is 1.60. The average molecular weight is 268 g/mol. The van der Waals surface area contributed by atoms with E-state index < -0.39 is 0 Å². The molecule has 0 unspecified atom stereocenters. The number of thiophene rings is 1. The summed E-state index contributed by atoms with van der Waals surface area (Å²) >= 11 is 1.74. The Labute approximate surface area is 114 Å². The Morgan fingerprint density at radius 3 is 2.39 bits per heavy atom. The normalized spacial score (nSPS) is 11.6. The van der Waals surface area contributed by atoms with Gasteiger partial charge in [0.2, 0.25) is 5.91 Å². The standard InChI is InChI=1S/C14H24N2OS/c1-5-14(6-2,10-15)13(17)16(4)9-12-8-7-11(3)18-12/h7-8H,5-6,9-10,15H2,1-4H3. The van der Waals surface area contributed by atoms with Gasteiger partial charge in [0.05, 0.1) is 12.0 Å². The van der Waals surface area contributed by atoms with Gasteiger partial charge in [-0.05, 0) is 31.9 Å². The van der Waals surface area contributed by atoms with Gasteiger partial charge >= 0.3 is 0 Å². The first-order chi connectivity index (χ1) is 8.49. The quantitative estimate of drug-likeness (QED) is 0.862. The molecule has 0 atom stereocenters. The lowest BCUT2D eigenvalue weighted by atomic mass is 9.81. The van der Waals surface area contributed by atoms with Crippen LogP contribution in [0.15, 0.2) is 12.1 Å². The number of hydrogen-bond donors (Lipinski definition) is 1. The van der Waals surface area contributed by atoms with Crippen LogP contribution in [0.5, 0.6) is 0 Å². The number of aryl methyl sites for hydroxylation is 1. The van der Waals surface area contributed by atoms with Crippen molar-refractivity contribution in [1.29, 1.82) is 0 Å². The van der Waals surface area contributed by atoms with Crippen molar-refractivity contribution >= 4 is 17.2 Å². The van der Waals surface area contributed by atoms with Crippen LogP contribution >= 0.6 is 11.3 Å². The van der Waals surface area contributed by atoms with Gasteiger partial charge < -0.3 is 10.6 Å². The lowest BCUT2D eigenvalue weighted by molar-refractivity contribution is -0.141. The molecule has 0 radical (unpaired) electrons. The first kappa shape index (κ1) is 15.2. The summed E-state index contributed by atoms with van der Waals surface area (Å²) in [6.45, 7) is 7.26. The van der Waals surface area contributed by atoms with Crippen LogP contribution in [-0.4, -0.2) is 24.4 Å². The molecule has 102 valence electrons. The summed E-state index contributed by atoms with van der Waals surface area (Å²) in [4.78, 5) is 16.8. The molecule has 0 aliphatic carbocycles. The summed E-state index contributed by atoms with van der Waals surface area (Å²) in [5.41, 5.74) is 5.43. The van der Waals surface area contributed by atoms with Crippen molar-refractivity contribution in [3.63, 3.8) is 0 Å². The molecule has 18 heavy (non-hydrogen) atoms. The van der Waals surface area contributed by atoms with Crippen LogP contribution in [0.2, 0.25) is 0 Å². The molecular weight excluding hydrogens is 244 g/mol. The third-order valence-corrected chi connectivity index (χ3v) is 4.72. The topological polar surface area (TPSA) is 46.3 Å². The Balaban J connectivity index is 2.76. The van der Waals surface area contributed by atoms with Crippen molar-refractivity contribution in [2.24, 2.45) is 11.1 Å². The molecule has 2 N–H and O–H groups in total. The molecule has 0 spiro atoms. The molecule has 0 aliphatic rings. The Hall–Kier alpha value is -0.870. The minimum absolute atomic E-state index is 0.168. The summed E-state index contributed by atoms with van der Waals surface area (Å²) < 4.78 is 0. The third-order valence-electron chi connectivity index (χ3n) is 3.73. The van der Waals surface area contributed by atoms with Crippen LogP contribution in [-0.2, 0) is 11.3 Å². The zero-order chi connectivity index (χ0) is 13.8. The monoisotopic (exact) mass is 268 g/mol. The van der Waals surface area contributed by atoms with Gasteiger partial charge in [0, 0.05) is 23.3 Å². The molecular formula is C14H24N2OS. The molecule has 1 aromatic heterocycles. The second-order valence-corrected chi connectivity index (χ2v) is 6.24. The third kappa shape index (κ3) is 3.12. The van der Waals surface area contributed by atoms with Gasteiger partial charge in [0.25, 0.3) is 0 Å². The van der Waals surface area contributed by atoms with Gasteiger partial charge in [0.15, 0.2) is 0 Å². The van der Waals surface area contributed by atoms with Crippen LogP contribution in [0.4, 0.5) is 0 Å². The highest BCUT2D eigenvalue weighted by molar-refractivity contribution is 7.11. The smallest absolute Gasteiger partial charge is 0.230 e. The van der Waals surface area contributed by atoms with E-state index in [0.29, 0.717) is 13.1 Å². The molecule has 1 aromatic rings. The van der Waals surface area contributed by atoms with Crippen LogP contribution in [0.1, 0.15) is 36.4 Å². The van der Waals surface area contributed by atoms with Crippen LogP contribution in [0, 0.1) is 12.3 Å². The van der Waals surface area contributed by atoms with E-state index in [-0.39, 0.29) is 11.3 Å². The number of carbonyl (C=O) groups is 1. The van der Waals surface area contributed by atoms with Crippen molar-refractivity contribution in [2.45, 2.75) is 40.2 Å². The predicted octanol–water partition coefficient (Wildman–Crippen LogP) is 2.78. The fourth-order valence-electron chi connectivity index (χ4n) is 2.21. The van der Waals surface area contributed by atoms with Crippen molar-refractivity contribution in [1.82, 2.24) is 4.90 Å². The van der Waals surface area contributed by atoms with Crippen molar-refractivity contribution in [2.75, 3.05) is 13.6 Å². The lowest BCUT2D eigenvalue weighted by Gasteiger charge is -2.33. The minimum Gasteiger partial charge on any atom is -0.340 e. The first-order valence-corrected chi connectivity index (χ1v) is 7.31. The van der Waals surface area contributed by atoms with Crippen LogP contribution < -0.4 is 5.73 Å². The predicted molar refractivity (Wildman–Crippen MR) is 77.6 cm³/mol. The summed E-state index contributed by atoms with van der Waals surface area (Å²) in [7, 11) is 1.87. The zero-order valence-corrected chi connectivity index (χ0v) is 12.6. The molecule has 0 aromatic carbocycles. The van der Waals surface area contributed by atoms with Gasteiger partial charge in [0.1, 0.15) is 0 Å². The largest absolute Gasteiger partial charge is 0.340 e. The number of rotatable bonds is 6. The van der Waals surface area contributed by atoms with Gasteiger partial charge in [-0.15, -0.1) is 11.3 Å². The number of carbonyl (C=O) groups excluding carboxylic acids is 1. The van der Waals surface area contributed by atoms with E-state index in [1.165, 1.54) is 9.75 Å². The molecule has 1 heterocycles. The number of hydrogen-bond acceptors (Lipinski definition) is 3. The Morgan fingerprint density at radius 2 is 2.00 bits per heavy atom. The maximum atomic E-state index is 12.5. The first-order valence-electron chi connectivity index (χ1n) is 6.50. The Kier molecular flexibility index (Phi) is 5.35. The second kappa shape index (κ2) is 6.34. The molecule has 0 saturated heterocycles. The highest BCUT2D eigenvalue weighted by Crippen LogP contribution is 2.28. The van der Waals surface area contributed by atoms with Crippen molar-refractivity contribution in [3.8, 4) is 0 Å². The minimum atomic E-state index is -0.388. The van der Waals surface area contributed by atoms with Crippen molar-refractivity contribution in [3.05, 3.63) is 21.9 Å². The summed E-state index contributed by atoms with van der Waals surface area (Å²) in [5, 5.41) is 0. The molecule has 1 rings (SSSR count). The van der Waals surface area contributed by atoms with Gasteiger partial charge in [-0.1, -0.05) is 13.8 Å². The van der Waals surface area contributed by atoms with E-state index in [4.69, 9.17) is 5.73 Å². The van der Waals surface area contributed by atoms with E-state index in [9.17, 15) is 4.79 Å². The van der Waals surface area contributed by atoms with E-state index in [2.05, 4.69) is 19.1 Å². The molecule has 0 aliphatic heterocycles. The van der Waals surface area contributed by atoms with E-state index in [1.807, 2.05) is 25.8 Å². The molecule has 3 nitrogen and oxygen atoms in total. The number of nitrogens with two attached hydrogens (primary N) is 1. The summed E-state index contributed by atoms with van der Waals surface area (Å²) in [6, 6.07) is 4.18. The Bertz CT molecular complexity index is 388. The lowest BCUT2D eigenvalue weighted by Crippen LogP contribution is -2.45. The molecule has 0 fully saturated rings. The van der Waals surface area contributed by atoms with E-state index in [0.717, 1.165) is 12.8 Å². The van der Waals surface area contributed by atoms with Crippen LogP contribution in [0.3, 0.4) is 0 Å². The fraction of sp³-hybridized carbons (Fsp3) is 0.643. The Morgan fingerprint density at radius 1 is 1.39 bits per heavy atom.